The fourth-order valence-corrected chi connectivity index (χ4v) is 1.33. The zero-order valence-corrected chi connectivity index (χ0v) is 11.5. The van der Waals surface area contributed by atoms with Crippen LogP contribution in [0, 0.1) is 5.92 Å². The van der Waals surface area contributed by atoms with E-state index in [0.29, 0.717) is 12.3 Å². The van der Waals surface area contributed by atoms with E-state index in [4.69, 9.17) is 4.74 Å². The van der Waals surface area contributed by atoms with Crippen molar-refractivity contribution in [3.8, 4) is 0 Å². The van der Waals surface area contributed by atoms with E-state index in [1.165, 1.54) is 0 Å². The fourth-order valence-electron chi connectivity index (χ4n) is 1.33. The molecule has 4 heteroatoms. The molecule has 92 valence electrons. The van der Waals surface area contributed by atoms with Gasteiger partial charge in [0.15, 0.2) is 0 Å². The summed E-state index contributed by atoms with van der Waals surface area (Å²) in [6.45, 7) is 6.01. The SMILES string of the molecule is CCO/C([O-])=C(/N=Cc1ccccc1)C(C)C.[Li+]. The molecule has 0 aromatic heterocycles. The zero-order valence-electron chi connectivity index (χ0n) is 11.5. The molecule has 1 rings (SSSR count). The average Bonchev–Trinajstić information content (AvgIpc) is 2.30. The molecule has 0 saturated carbocycles. The van der Waals surface area contributed by atoms with Gasteiger partial charge in [0.1, 0.15) is 0 Å². The minimum atomic E-state index is -0.338. The maximum absolute atomic E-state index is 11.6. The van der Waals surface area contributed by atoms with Crippen LogP contribution in [0.3, 0.4) is 0 Å². The minimum Gasteiger partial charge on any atom is -0.612 e. The molecule has 0 unspecified atom stereocenters. The predicted octanol–water partition coefficient (Wildman–Crippen LogP) is -0.669. The summed E-state index contributed by atoms with van der Waals surface area (Å²) in [7, 11) is 0. The smallest absolute Gasteiger partial charge is 0.612 e. The normalized spacial score (nSPS) is 12.2. The molecule has 0 heterocycles. The van der Waals surface area contributed by atoms with Crippen molar-refractivity contribution in [3.63, 3.8) is 0 Å². The third-order valence-electron chi connectivity index (χ3n) is 2.18. The van der Waals surface area contributed by atoms with Gasteiger partial charge < -0.3 is 9.84 Å². The van der Waals surface area contributed by atoms with Crippen molar-refractivity contribution in [2.45, 2.75) is 20.8 Å². The molecule has 0 bridgehead atoms. The Balaban J connectivity index is 0.00000289. The Morgan fingerprint density at radius 1 is 1.33 bits per heavy atom. The van der Waals surface area contributed by atoms with E-state index in [1.807, 2.05) is 44.2 Å². The molecule has 0 aliphatic rings. The molecule has 18 heavy (non-hydrogen) atoms. The van der Waals surface area contributed by atoms with Crippen LogP contribution in [0.15, 0.2) is 47.0 Å². The molecular formula is C14H18LiNO2. The van der Waals surface area contributed by atoms with Crippen LogP contribution in [0.4, 0.5) is 0 Å². The number of allylic oxidation sites excluding steroid dienone is 1. The second kappa shape index (κ2) is 8.85. The van der Waals surface area contributed by atoms with E-state index >= 15 is 0 Å². The van der Waals surface area contributed by atoms with Gasteiger partial charge in [-0.25, -0.2) is 0 Å². The molecule has 0 aliphatic heterocycles. The van der Waals surface area contributed by atoms with Gasteiger partial charge in [-0.05, 0) is 18.1 Å². The fraction of sp³-hybridized carbons (Fsp3) is 0.357. The van der Waals surface area contributed by atoms with Gasteiger partial charge in [0.25, 0.3) is 0 Å². The summed E-state index contributed by atoms with van der Waals surface area (Å²) < 4.78 is 4.96. The van der Waals surface area contributed by atoms with Crippen LogP contribution >= 0.6 is 0 Å². The van der Waals surface area contributed by atoms with Crippen LogP contribution in [-0.4, -0.2) is 12.8 Å². The van der Waals surface area contributed by atoms with Gasteiger partial charge in [0.05, 0.1) is 11.6 Å². The summed E-state index contributed by atoms with van der Waals surface area (Å²) in [6.07, 6.45) is 1.69. The summed E-state index contributed by atoms with van der Waals surface area (Å²) >= 11 is 0. The number of benzene rings is 1. The van der Waals surface area contributed by atoms with Crippen molar-refractivity contribution in [2.75, 3.05) is 6.61 Å². The number of hydrogen-bond donors (Lipinski definition) is 0. The van der Waals surface area contributed by atoms with Gasteiger partial charge >= 0.3 is 18.9 Å². The summed E-state index contributed by atoms with van der Waals surface area (Å²) in [5.41, 5.74) is 1.42. The Kier molecular flexibility index (Phi) is 8.27. The van der Waals surface area contributed by atoms with Crippen molar-refractivity contribution < 1.29 is 28.7 Å². The molecule has 0 atom stereocenters. The first-order valence-corrected chi connectivity index (χ1v) is 5.78. The number of hydrogen-bond acceptors (Lipinski definition) is 3. The van der Waals surface area contributed by atoms with Crippen molar-refractivity contribution in [2.24, 2.45) is 10.9 Å². The predicted molar refractivity (Wildman–Crippen MR) is 67.5 cm³/mol. The first-order valence-electron chi connectivity index (χ1n) is 5.78. The van der Waals surface area contributed by atoms with Crippen molar-refractivity contribution in [1.29, 1.82) is 0 Å². The van der Waals surface area contributed by atoms with Gasteiger partial charge in [0, 0.05) is 6.21 Å². The zero-order chi connectivity index (χ0) is 12.7. The molecule has 1 aromatic carbocycles. The third-order valence-corrected chi connectivity index (χ3v) is 2.18. The first kappa shape index (κ1) is 16.8. The third kappa shape index (κ3) is 5.44. The molecule has 0 N–H and O–H groups in total. The number of ether oxygens (including phenoxy) is 1. The van der Waals surface area contributed by atoms with Crippen molar-refractivity contribution in [3.05, 3.63) is 47.5 Å². The van der Waals surface area contributed by atoms with E-state index in [1.54, 1.807) is 13.1 Å². The summed E-state index contributed by atoms with van der Waals surface area (Å²) in [6, 6.07) is 9.68. The Morgan fingerprint density at radius 3 is 2.44 bits per heavy atom. The Hall–Kier alpha value is -1.17. The van der Waals surface area contributed by atoms with Gasteiger partial charge in [-0.15, -0.1) is 0 Å². The van der Waals surface area contributed by atoms with E-state index in [9.17, 15) is 5.11 Å². The van der Waals surface area contributed by atoms with E-state index in [0.717, 1.165) is 5.56 Å². The van der Waals surface area contributed by atoms with Gasteiger partial charge in [-0.2, -0.15) is 0 Å². The maximum atomic E-state index is 11.6. The van der Waals surface area contributed by atoms with Crippen LogP contribution in [-0.2, 0) is 4.74 Å². The van der Waals surface area contributed by atoms with E-state index in [-0.39, 0.29) is 30.7 Å². The molecule has 0 spiro atoms. The topological polar surface area (TPSA) is 44.6 Å². The molecule has 0 radical (unpaired) electrons. The summed E-state index contributed by atoms with van der Waals surface area (Å²) in [5, 5.41) is 11.6. The second-order valence-corrected chi connectivity index (χ2v) is 3.93. The molecule has 1 aromatic rings. The number of nitrogens with zero attached hydrogens (tertiary/aromatic N) is 1. The largest absolute Gasteiger partial charge is 1.00 e. The van der Waals surface area contributed by atoms with E-state index in [2.05, 4.69) is 4.99 Å². The number of rotatable bonds is 5. The van der Waals surface area contributed by atoms with Crippen LogP contribution in [0.25, 0.3) is 0 Å². The summed E-state index contributed by atoms with van der Waals surface area (Å²) in [5.74, 6) is -0.288. The second-order valence-electron chi connectivity index (χ2n) is 3.93. The number of aliphatic imine (C=N–C) groups is 1. The van der Waals surface area contributed by atoms with Crippen molar-refractivity contribution in [1.82, 2.24) is 0 Å². The average molecular weight is 239 g/mol. The minimum absolute atomic E-state index is 0. The molecule has 0 saturated heterocycles. The standard InChI is InChI=1S/C14H19NO2.Li/c1-4-17-14(16)13(11(2)3)15-10-12-8-6-5-7-9-12;/h5-11,16H,4H2,1-3H3;/q;+1/p-1/b14-13+,15-10?;. The first-order chi connectivity index (χ1) is 8.15. The Bertz CT molecular complexity index is 400. The van der Waals surface area contributed by atoms with Gasteiger partial charge in [0.2, 0.25) is 0 Å². The van der Waals surface area contributed by atoms with E-state index < -0.39 is 0 Å². The Morgan fingerprint density at radius 2 is 1.94 bits per heavy atom. The molecule has 0 amide bonds. The van der Waals surface area contributed by atoms with Gasteiger partial charge in [-0.3, -0.25) is 4.99 Å². The van der Waals surface area contributed by atoms with Crippen LogP contribution in [0.2, 0.25) is 0 Å². The van der Waals surface area contributed by atoms with Gasteiger partial charge in [-0.1, -0.05) is 51.1 Å². The monoisotopic (exact) mass is 239 g/mol. The van der Waals surface area contributed by atoms with Crippen molar-refractivity contribution >= 4 is 6.21 Å². The molecule has 0 aliphatic carbocycles. The molecular weight excluding hydrogens is 221 g/mol. The maximum Gasteiger partial charge on any atom is 1.00 e. The van der Waals surface area contributed by atoms with Crippen LogP contribution < -0.4 is 24.0 Å². The van der Waals surface area contributed by atoms with Crippen LogP contribution in [0.1, 0.15) is 26.3 Å². The quantitative estimate of drug-likeness (QED) is 0.389. The summed E-state index contributed by atoms with van der Waals surface area (Å²) in [4.78, 5) is 4.23. The molecule has 3 nitrogen and oxygen atoms in total. The van der Waals surface area contributed by atoms with Crippen LogP contribution in [0.5, 0.6) is 0 Å². The molecule has 0 fully saturated rings. The Labute approximate surface area is 121 Å².